The van der Waals surface area contributed by atoms with Gasteiger partial charge in [-0.3, -0.25) is 9.89 Å². The average Bonchev–Trinajstić information content (AvgIpc) is 3.30. The molecule has 0 fully saturated rings. The molecule has 0 unspecified atom stereocenters. The number of para-hydroxylation sites is 1. The molecule has 3 aromatic heterocycles. The van der Waals surface area contributed by atoms with Gasteiger partial charge in [0.1, 0.15) is 5.76 Å². The number of benzene rings is 1. The molecule has 0 bridgehead atoms. The van der Waals surface area contributed by atoms with Gasteiger partial charge < -0.3 is 14.5 Å². The van der Waals surface area contributed by atoms with E-state index in [1.54, 1.807) is 0 Å². The number of carboxylic acid groups (broad SMARTS) is 1. The second-order valence-corrected chi connectivity index (χ2v) is 6.00. The van der Waals surface area contributed by atoms with E-state index in [4.69, 9.17) is 9.52 Å². The van der Waals surface area contributed by atoms with Crippen LogP contribution in [0.2, 0.25) is 0 Å². The van der Waals surface area contributed by atoms with Gasteiger partial charge in [-0.05, 0) is 18.2 Å². The van der Waals surface area contributed by atoms with Crippen LogP contribution >= 0.6 is 11.8 Å². The topological polar surface area (TPSA) is 108 Å². The minimum atomic E-state index is -0.911. The fourth-order valence-corrected chi connectivity index (χ4v) is 2.95. The zero-order valence-electron chi connectivity index (χ0n) is 12.3. The van der Waals surface area contributed by atoms with Crippen molar-refractivity contribution in [2.75, 3.05) is 5.75 Å². The number of hydrogen-bond acceptors (Lipinski definition) is 5. The van der Waals surface area contributed by atoms with Crippen LogP contribution < -0.4 is 0 Å². The first kappa shape index (κ1) is 14.6. The Morgan fingerprint density at radius 1 is 1.21 bits per heavy atom. The number of carboxylic acids is 1. The van der Waals surface area contributed by atoms with Gasteiger partial charge in [-0.2, -0.15) is 4.98 Å². The molecule has 3 heterocycles. The van der Waals surface area contributed by atoms with Gasteiger partial charge in [-0.15, -0.1) is 5.10 Å². The number of hydrogen-bond donors (Lipinski definition) is 3. The van der Waals surface area contributed by atoms with Crippen LogP contribution in [0, 0.1) is 0 Å². The molecule has 0 amide bonds. The Bertz CT molecular complexity index is 1020. The van der Waals surface area contributed by atoms with Crippen molar-refractivity contribution in [3.05, 3.63) is 42.6 Å². The number of aromatic nitrogens is 4. The first-order chi connectivity index (χ1) is 11.7. The molecule has 0 radical (unpaired) electrons. The lowest BCUT2D eigenvalue weighted by atomic mass is 10.1. The molecule has 4 rings (SSSR count). The largest absolute Gasteiger partial charge is 0.481 e. The van der Waals surface area contributed by atoms with E-state index in [2.05, 4.69) is 20.2 Å². The SMILES string of the molecule is O=C(O)CSc1n[nH]c(-c2ccc(-c3c[nH]c4ccccc34)o2)n1. The molecule has 3 N–H and O–H groups in total. The lowest BCUT2D eigenvalue weighted by Gasteiger charge is -1.94. The Morgan fingerprint density at radius 3 is 2.92 bits per heavy atom. The molecule has 0 saturated carbocycles. The molecule has 0 aliphatic heterocycles. The summed E-state index contributed by atoms with van der Waals surface area (Å²) < 4.78 is 5.88. The average molecular weight is 340 g/mol. The number of carbonyl (C=O) groups is 1. The fraction of sp³-hybridized carbons (Fsp3) is 0.0625. The number of fused-ring (bicyclic) bond motifs is 1. The second kappa shape index (κ2) is 5.89. The van der Waals surface area contributed by atoms with E-state index in [0.717, 1.165) is 34.0 Å². The van der Waals surface area contributed by atoms with Crippen LogP contribution in [-0.4, -0.2) is 37.0 Å². The zero-order valence-corrected chi connectivity index (χ0v) is 13.1. The fourth-order valence-electron chi connectivity index (χ4n) is 2.43. The van der Waals surface area contributed by atoms with E-state index in [1.165, 1.54) is 0 Å². The van der Waals surface area contributed by atoms with Crippen LogP contribution in [0.4, 0.5) is 0 Å². The Kier molecular flexibility index (Phi) is 3.58. The van der Waals surface area contributed by atoms with Gasteiger partial charge in [-0.1, -0.05) is 30.0 Å². The van der Waals surface area contributed by atoms with Gasteiger partial charge in [0.05, 0.1) is 5.75 Å². The summed E-state index contributed by atoms with van der Waals surface area (Å²) in [6.45, 7) is 0. The van der Waals surface area contributed by atoms with E-state index in [1.807, 2.05) is 42.6 Å². The van der Waals surface area contributed by atoms with E-state index in [0.29, 0.717) is 16.7 Å². The van der Waals surface area contributed by atoms with Crippen molar-refractivity contribution >= 4 is 28.6 Å². The van der Waals surface area contributed by atoms with Gasteiger partial charge >= 0.3 is 5.97 Å². The van der Waals surface area contributed by atoms with Gasteiger partial charge in [0.2, 0.25) is 5.16 Å². The molecule has 0 aliphatic rings. The third-order valence-corrected chi connectivity index (χ3v) is 4.32. The van der Waals surface area contributed by atoms with Crippen molar-refractivity contribution in [2.24, 2.45) is 0 Å². The summed E-state index contributed by atoms with van der Waals surface area (Å²) in [5.74, 6) is 0.735. The quantitative estimate of drug-likeness (QED) is 0.481. The van der Waals surface area contributed by atoms with Crippen molar-refractivity contribution in [3.8, 4) is 22.9 Å². The van der Waals surface area contributed by atoms with Gasteiger partial charge in [0.15, 0.2) is 11.6 Å². The first-order valence-electron chi connectivity index (χ1n) is 7.14. The van der Waals surface area contributed by atoms with E-state index >= 15 is 0 Å². The van der Waals surface area contributed by atoms with Crippen molar-refractivity contribution in [1.29, 1.82) is 0 Å². The Hall–Kier alpha value is -3.00. The molecule has 24 heavy (non-hydrogen) atoms. The number of nitrogens with one attached hydrogen (secondary N) is 2. The molecule has 8 heteroatoms. The summed E-state index contributed by atoms with van der Waals surface area (Å²) in [5.41, 5.74) is 2.01. The number of H-pyrrole nitrogens is 2. The summed E-state index contributed by atoms with van der Waals surface area (Å²) in [6, 6.07) is 11.7. The maximum absolute atomic E-state index is 10.6. The van der Waals surface area contributed by atoms with Crippen LogP contribution in [0.3, 0.4) is 0 Å². The molecular weight excluding hydrogens is 328 g/mol. The van der Waals surface area contributed by atoms with Crippen molar-refractivity contribution in [1.82, 2.24) is 20.2 Å². The van der Waals surface area contributed by atoms with E-state index in [9.17, 15) is 4.79 Å². The van der Waals surface area contributed by atoms with Gasteiger partial charge in [0, 0.05) is 22.7 Å². The molecule has 0 saturated heterocycles. The van der Waals surface area contributed by atoms with E-state index in [-0.39, 0.29) is 5.75 Å². The first-order valence-corrected chi connectivity index (χ1v) is 8.13. The van der Waals surface area contributed by atoms with Crippen molar-refractivity contribution in [3.63, 3.8) is 0 Å². The maximum atomic E-state index is 10.6. The van der Waals surface area contributed by atoms with Crippen LogP contribution in [-0.2, 0) is 4.79 Å². The van der Waals surface area contributed by atoms with Crippen molar-refractivity contribution in [2.45, 2.75) is 5.16 Å². The summed E-state index contributed by atoms with van der Waals surface area (Å²) in [5, 5.41) is 16.9. The summed E-state index contributed by atoms with van der Waals surface area (Å²) in [6.07, 6.45) is 1.90. The highest BCUT2D eigenvalue weighted by Gasteiger charge is 2.14. The van der Waals surface area contributed by atoms with Gasteiger partial charge in [0.25, 0.3) is 0 Å². The molecule has 4 aromatic rings. The Morgan fingerprint density at radius 2 is 2.04 bits per heavy atom. The third-order valence-electron chi connectivity index (χ3n) is 3.48. The predicted octanol–water partition coefficient (Wildman–Crippen LogP) is 3.39. The second-order valence-electron chi connectivity index (χ2n) is 5.06. The Balaban J connectivity index is 1.62. The number of aliphatic carboxylic acids is 1. The van der Waals surface area contributed by atoms with Crippen LogP contribution in [0.15, 0.2) is 52.2 Å². The highest BCUT2D eigenvalue weighted by atomic mass is 32.2. The number of thioether (sulfide) groups is 1. The lowest BCUT2D eigenvalue weighted by Crippen LogP contribution is -1.97. The standard InChI is InChI=1S/C16H12N4O3S/c21-14(22)8-24-16-18-15(19-20-16)13-6-5-12(23-13)10-7-17-11-4-2-1-3-9(10)11/h1-7,17H,8H2,(H,21,22)(H,18,19,20). The van der Waals surface area contributed by atoms with Crippen LogP contribution in [0.1, 0.15) is 0 Å². The minimum Gasteiger partial charge on any atom is -0.481 e. The molecule has 0 spiro atoms. The number of rotatable bonds is 5. The molecule has 0 aliphatic carbocycles. The zero-order chi connectivity index (χ0) is 16.5. The Labute approximate surface area is 140 Å². The summed E-state index contributed by atoms with van der Waals surface area (Å²) in [7, 11) is 0. The van der Waals surface area contributed by atoms with Gasteiger partial charge in [-0.25, -0.2) is 0 Å². The van der Waals surface area contributed by atoms with Crippen LogP contribution in [0.5, 0.6) is 0 Å². The van der Waals surface area contributed by atoms with Crippen LogP contribution in [0.25, 0.3) is 33.8 Å². The predicted molar refractivity (Wildman–Crippen MR) is 89.7 cm³/mol. The van der Waals surface area contributed by atoms with Crippen molar-refractivity contribution < 1.29 is 14.3 Å². The highest BCUT2D eigenvalue weighted by molar-refractivity contribution is 7.99. The third kappa shape index (κ3) is 2.67. The minimum absolute atomic E-state index is 0.0873. The molecule has 1 aromatic carbocycles. The number of nitrogens with zero attached hydrogens (tertiary/aromatic N) is 2. The molecule has 7 nitrogen and oxygen atoms in total. The number of furan rings is 1. The highest BCUT2D eigenvalue weighted by Crippen LogP contribution is 2.32. The maximum Gasteiger partial charge on any atom is 0.313 e. The summed E-state index contributed by atoms with van der Waals surface area (Å²) in [4.78, 5) is 18.0. The molecule has 0 atom stereocenters. The monoisotopic (exact) mass is 340 g/mol. The van der Waals surface area contributed by atoms with E-state index < -0.39 is 5.97 Å². The number of aromatic amines is 2. The summed E-state index contributed by atoms with van der Waals surface area (Å²) >= 11 is 1.05. The molecule has 120 valence electrons. The molecular formula is C16H12N4O3S. The normalized spacial score (nSPS) is 11.2. The smallest absolute Gasteiger partial charge is 0.313 e. The lowest BCUT2D eigenvalue weighted by molar-refractivity contribution is -0.133.